The summed E-state index contributed by atoms with van der Waals surface area (Å²) in [7, 11) is 0. The lowest BCUT2D eigenvalue weighted by Crippen LogP contribution is -2.13. The molecule has 0 radical (unpaired) electrons. The summed E-state index contributed by atoms with van der Waals surface area (Å²) in [4.78, 5) is 52.7. The van der Waals surface area contributed by atoms with Gasteiger partial charge in [0.1, 0.15) is 16.9 Å². The number of anilines is 3. The molecule has 0 aliphatic rings. The first-order chi connectivity index (χ1) is 55.5. The molecule has 0 aliphatic heterocycles. The Morgan fingerprint density at radius 3 is 1.05 bits per heavy atom. The number of aliphatic hydroxyl groups excluding tert-OH is 1. The number of aromatic nitrogens is 12. The summed E-state index contributed by atoms with van der Waals surface area (Å²) in [5.41, 5.74) is 10.6. The molecular weight excluding hydrogens is 1480 g/mol. The first-order valence-corrected chi connectivity index (χ1v) is 36.3. The number of alkyl halides is 9. The van der Waals surface area contributed by atoms with Gasteiger partial charge in [-0.25, -0.2) is 44.9 Å². The van der Waals surface area contributed by atoms with E-state index in [1.165, 1.54) is 23.8 Å². The summed E-state index contributed by atoms with van der Waals surface area (Å²) in [5, 5.41) is 23.0. The minimum absolute atomic E-state index is 0.0659. The highest BCUT2D eigenvalue weighted by atomic mass is 19.4. The largest absolute Gasteiger partial charge is 0.416 e. The molecule has 578 valence electrons. The standard InChI is InChI=1S/C34H29F3N6.C27H22F3N5O.C27H20F3N5O/c1-23(26-11-6-3-7-12-26)40-33-39-18-17-29(41-33)32-31(27-13-8-14-28(19-27)34(35,36)37)42-30-16-15-25(22-43(30)32)21-38-20-24-9-4-2-5-10-24;2*1-17(19-6-3-2-4-7-19)32-26-31-13-12-22(33-26)25-24(20-8-5-9-21(14-20)27(28,29)30)34-23-11-10-18(16-36)15-35(23)25/h2-19,22-23,38H,20-21H2,1H3,(H,39,40,41);2-15,17,36H,16H2,1H3,(H,31,32,33);2-17H,1H3,(H,31,32,33)/t23-;2*17-/m000/s1. The predicted octanol–water partition coefficient (Wildman–Crippen LogP) is 20.5. The average Bonchev–Trinajstić information content (AvgIpc) is 1.63. The molecule has 16 rings (SSSR count). The molecule has 115 heavy (non-hydrogen) atoms. The van der Waals surface area contributed by atoms with Crippen LogP contribution in [-0.4, -0.2) is 69.5 Å². The van der Waals surface area contributed by atoms with E-state index in [0.717, 1.165) is 58.7 Å². The van der Waals surface area contributed by atoms with Gasteiger partial charge >= 0.3 is 18.5 Å². The second-order valence-electron chi connectivity index (χ2n) is 26.9. The van der Waals surface area contributed by atoms with E-state index < -0.39 is 35.2 Å². The molecule has 0 amide bonds. The van der Waals surface area contributed by atoms with Gasteiger partial charge in [0.15, 0.2) is 6.29 Å². The van der Waals surface area contributed by atoms with E-state index in [2.05, 4.69) is 68.3 Å². The number of halogens is 9. The predicted molar refractivity (Wildman–Crippen MR) is 424 cm³/mol. The van der Waals surface area contributed by atoms with Gasteiger partial charge in [-0.15, -0.1) is 0 Å². The number of pyridine rings is 3. The van der Waals surface area contributed by atoms with Gasteiger partial charge in [-0.1, -0.05) is 170 Å². The van der Waals surface area contributed by atoms with Crippen molar-refractivity contribution in [1.82, 2.24) is 63.4 Å². The highest BCUT2D eigenvalue weighted by Crippen LogP contribution is 2.41. The van der Waals surface area contributed by atoms with E-state index in [9.17, 15) is 49.4 Å². The maximum absolute atomic E-state index is 13.7. The van der Waals surface area contributed by atoms with Crippen LogP contribution in [-0.2, 0) is 38.2 Å². The Labute approximate surface area is 653 Å². The lowest BCUT2D eigenvalue weighted by molar-refractivity contribution is -0.138. The smallest absolute Gasteiger partial charge is 0.392 e. The van der Waals surface area contributed by atoms with Crippen LogP contribution in [0, 0.1) is 0 Å². The maximum atomic E-state index is 13.7. The van der Waals surface area contributed by atoms with Crippen molar-refractivity contribution in [1.29, 1.82) is 0 Å². The van der Waals surface area contributed by atoms with Crippen molar-refractivity contribution in [2.45, 2.75) is 77.1 Å². The van der Waals surface area contributed by atoms with Crippen LogP contribution in [0.15, 0.2) is 286 Å². The number of aliphatic hydroxyl groups is 1. The number of hydrogen-bond donors (Lipinski definition) is 5. The number of rotatable bonds is 21. The molecule has 0 aliphatic carbocycles. The third-order valence-electron chi connectivity index (χ3n) is 18.8. The number of nitrogens with one attached hydrogen (secondary N) is 4. The molecule has 7 aromatic carbocycles. The number of hydrogen-bond acceptors (Lipinski definition) is 15. The van der Waals surface area contributed by atoms with Crippen molar-refractivity contribution in [3.63, 3.8) is 0 Å². The van der Waals surface area contributed by atoms with Crippen molar-refractivity contribution >= 4 is 41.1 Å². The van der Waals surface area contributed by atoms with Crippen molar-refractivity contribution in [3.05, 3.63) is 342 Å². The molecule has 0 unspecified atom stereocenters. The first kappa shape index (κ1) is 77.9. The monoisotopic (exact) mass is 1550 g/mol. The van der Waals surface area contributed by atoms with Crippen LogP contribution in [0.4, 0.5) is 57.4 Å². The van der Waals surface area contributed by atoms with Crippen LogP contribution in [0.2, 0.25) is 0 Å². The number of carbonyl (C=O) groups excluding carboxylic acids is 1. The second-order valence-corrected chi connectivity index (χ2v) is 26.9. The summed E-state index contributed by atoms with van der Waals surface area (Å²) in [6.07, 6.45) is -2.72. The second kappa shape index (κ2) is 34.0. The van der Waals surface area contributed by atoms with Gasteiger partial charge < -0.3 is 26.4 Å². The minimum Gasteiger partial charge on any atom is -0.392 e. The summed E-state index contributed by atoms with van der Waals surface area (Å²) < 4.78 is 127. The quantitative estimate of drug-likeness (QED) is 0.0334. The van der Waals surface area contributed by atoms with Gasteiger partial charge in [0.25, 0.3) is 0 Å². The molecule has 0 bridgehead atoms. The fourth-order valence-electron chi connectivity index (χ4n) is 13.1. The van der Waals surface area contributed by atoms with Gasteiger partial charge in [-0.05, 0) is 133 Å². The highest BCUT2D eigenvalue weighted by Gasteiger charge is 2.34. The first-order valence-electron chi connectivity index (χ1n) is 36.3. The highest BCUT2D eigenvalue weighted by molar-refractivity contribution is 5.85. The van der Waals surface area contributed by atoms with Crippen molar-refractivity contribution < 1.29 is 49.4 Å². The van der Waals surface area contributed by atoms with Crippen LogP contribution in [0.25, 0.3) is 84.9 Å². The number of imidazole rings is 3. The summed E-state index contributed by atoms with van der Waals surface area (Å²) >= 11 is 0. The Morgan fingerprint density at radius 1 is 0.365 bits per heavy atom. The molecule has 5 N–H and O–H groups in total. The van der Waals surface area contributed by atoms with E-state index in [-0.39, 0.29) is 30.3 Å². The van der Waals surface area contributed by atoms with Crippen LogP contribution in [0.1, 0.15) is 99.3 Å². The van der Waals surface area contributed by atoms with E-state index in [0.29, 0.717) is 128 Å². The third kappa shape index (κ3) is 18.4. The minimum atomic E-state index is -4.50. The lowest BCUT2D eigenvalue weighted by Gasteiger charge is -2.15. The normalized spacial score (nSPS) is 12.5. The maximum Gasteiger partial charge on any atom is 0.416 e. The molecule has 0 saturated heterocycles. The number of carbonyl (C=O) groups is 1. The van der Waals surface area contributed by atoms with Gasteiger partial charge in [0.05, 0.1) is 92.7 Å². The van der Waals surface area contributed by atoms with Gasteiger partial charge in [0, 0.05) is 72.5 Å². The Kier molecular flexibility index (Phi) is 23.1. The van der Waals surface area contributed by atoms with Crippen molar-refractivity contribution in [3.8, 4) is 67.9 Å². The fraction of sp³-hybridized carbons (Fsp3) is 0.136. The molecule has 0 fully saturated rings. The lowest BCUT2D eigenvalue weighted by atomic mass is 10.0. The molecule has 3 atom stereocenters. The van der Waals surface area contributed by atoms with Gasteiger partial charge in [0.2, 0.25) is 17.8 Å². The van der Waals surface area contributed by atoms with Gasteiger partial charge in [-0.2, -0.15) is 39.5 Å². The third-order valence-corrected chi connectivity index (χ3v) is 18.8. The van der Waals surface area contributed by atoms with E-state index in [1.807, 2.05) is 153 Å². The van der Waals surface area contributed by atoms with E-state index >= 15 is 0 Å². The molecular formula is C88H71F9N16O2. The Balaban J connectivity index is 0.000000143. The van der Waals surface area contributed by atoms with Crippen LogP contribution < -0.4 is 21.3 Å². The van der Waals surface area contributed by atoms with Crippen LogP contribution >= 0.6 is 0 Å². The number of aldehydes is 1. The summed E-state index contributed by atoms with van der Waals surface area (Å²) in [6, 6.07) is 70.3. The van der Waals surface area contributed by atoms with Crippen molar-refractivity contribution in [2.75, 3.05) is 16.0 Å². The number of fused-ring (bicyclic) bond motifs is 3. The zero-order valence-electron chi connectivity index (χ0n) is 61.7. The summed E-state index contributed by atoms with van der Waals surface area (Å²) in [6.45, 7) is 7.07. The number of benzene rings is 7. The van der Waals surface area contributed by atoms with Gasteiger partial charge in [-0.3, -0.25) is 18.0 Å². The van der Waals surface area contributed by atoms with Crippen molar-refractivity contribution in [2.24, 2.45) is 0 Å². The Bertz CT molecular complexity index is 6060. The number of nitrogens with zero attached hydrogens (tertiary/aromatic N) is 12. The van der Waals surface area contributed by atoms with E-state index in [4.69, 9.17) is 9.97 Å². The molecule has 0 spiro atoms. The van der Waals surface area contributed by atoms with E-state index in [1.54, 1.807) is 100 Å². The Hall–Kier alpha value is -13.8. The summed E-state index contributed by atoms with van der Waals surface area (Å²) in [5.74, 6) is 1.12. The zero-order chi connectivity index (χ0) is 80.4. The fourth-order valence-corrected chi connectivity index (χ4v) is 13.1. The SMILES string of the molecule is C[C@H](Nc1nccc(-c2c(-c3cccc(C(F)(F)F)c3)nc3ccc(C=O)cn23)n1)c1ccccc1.C[C@H](Nc1nccc(-c2c(-c3cccc(C(F)(F)F)c3)nc3ccc(CNCc4ccccc4)cn23)n1)c1ccccc1.C[C@H](Nc1nccc(-c2c(-c3cccc(C(F)(F)F)c3)nc3ccc(CO)cn23)n1)c1ccccc1. The molecule has 9 heterocycles. The topological polar surface area (TPSA) is 215 Å². The molecule has 9 aromatic heterocycles. The molecule has 16 aromatic rings. The van der Waals surface area contributed by atoms with Crippen LogP contribution in [0.3, 0.4) is 0 Å². The molecule has 18 nitrogen and oxygen atoms in total. The van der Waals surface area contributed by atoms with Crippen LogP contribution in [0.5, 0.6) is 0 Å². The molecule has 0 saturated carbocycles. The molecule has 27 heteroatoms. The average molecular weight is 1560 g/mol. The Morgan fingerprint density at radius 2 is 0.696 bits per heavy atom. The zero-order valence-corrected chi connectivity index (χ0v) is 61.7.